The van der Waals surface area contributed by atoms with Crippen molar-refractivity contribution in [2.24, 2.45) is 0 Å². The molecule has 0 amide bonds. The molecule has 0 aliphatic rings. The van der Waals surface area contributed by atoms with E-state index in [0.29, 0.717) is 0 Å². The zero-order valence-electron chi connectivity index (χ0n) is 8.94. The first-order chi connectivity index (χ1) is 8.06. The molecule has 1 atom stereocenters. The van der Waals surface area contributed by atoms with Crippen LogP contribution in [0.15, 0.2) is 12.2 Å². The highest BCUT2D eigenvalue weighted by atomic mass is 17.0. The van der Waals surface area contributed by atoms with Crippen LogP contribution in [-0.4, -0.2) is 37.2 Å². The van der Waals surface area contributed by atoms with Gasteiger partial charge in [0.25, 0.3) is 11.6 Å². The third-order valence-electron chi connectivity index (χ3n) is 1.22. The molecule has 0 saturated heterocycles. The molecule has 0 aliphatic carbocycles. The maximum Gasteiger partial charge on any atom is 0.510 e. The van der Waals surface area contributed by atoms with Gasteiger partial charge >= 0.3 is 6.16 Å². The van der Waals surface area contributed by atoms with Gasteiger partial charge < -0.3 is 14.2 Å². The normalized spacial score (nSPS) is 11.6. The van der Waals surface area contributed by atoms with Crippen molar-refractivity contribution in [2.45, 2.75) is 13.2 Å². The smallest absolute Gasteiger partial charge is 0.464 e. The lowest BCUT2D eigenvalue weighted by molar-refractivity contribution is -0.777. The summed E-state index contributed by atoms with van der Waals surface area (Å²) in [5.74, 6) is 0. The van der Waals surface area contributed by atoms with Crippen molar-refractivity contribution < 1.29 is 33.7 Å². The lowest BCUT2D eigenvalue weighted by Crippen LogP contribution is -2.21. The molecule has 0 aromatic rings. The average molecular weight is 249 g/mol. The van der Waals surface area contributed by atoms with Crippen molar-refractivity contribution in [1.29, 1.82) is 0 Å². The predicted molar refractivity (Wildman–Crippen MR) is 51.1 cm³/mol. The Morgan fingerprint density at radius 2 is 2.06 bits per heavy atom. The first kappa shape index (κ1) is 14.7. The standard InChI is InChI=1S/C8H11NO8/c1-7(17-9(12)13)16-8(11)15-5-3-2-4-14-6-10/h2-3,6-7H,4-5H2,1H3. The van der Waals surface area contributed by atoms with Gasteiger partial charge in [0.2, 0.25) is 6.29 Å². The van der Waals surface area contributed by atoms with Gasteiger partial charge in [0.05, 0.1) is 0 Å². The van der Waals surface area contributed by atoms with E-state index < -0.39 is 17.5 Å². The lowest BCUT2D eigenvalue weighted by Gasteiger charge is -2.09. The van der Waals surface area contributed by atoms with Gasteiger partial charge in [0.15, 0.2) is 0 Å². The van der Waals surface area contributed by atoms with Crippen molar-refractivity contribution in [1.82, 2.24) is 0 Å². The number of carbonyl (C=O) groups is 2. The Morgan fingerprint density at radius 1 is 1.41 bits per heavy atom. The number of hydrogen-bond acceptors (Lipinski definition) is 8. The second-order valence-corrected chi connectivity index (χ2v) is 2.48. The Labute approximate surface area is 96.0 Å². The summed E-state index contributed by atoms with van der Waals surface area (Å²) in [6.07, 6.45) is 0.391. The Balaban J connectivity index is 3.61. The molecule has 17 heavy (non-hydrogen) atoms. The zero-order chi connectivity index (χ0) is 13.1. The summed E-state index contributed by atoms with van der Waals surface area (Å²) in [7, 11) is 0. The van der Waals surface area contributed by atoms with Gasteiger partial charge in [-0.15, -0.1) is 10.1 Å². The van der Waals surface area contributed by atoms with Crippen LogP contribution in [0.5, 0.6) is 0 Å². The van der Waals surface area contributed by atoms with Gasteiger partial charge in [0.1, 0.15) is 13.2 Å². The number of nitrogens with zero attached hydrogens (tertiary/aromatic N) is 1. The highest BCUT2D eigenvalue weighted by molar-refractivity contribution is 5.60. The zero-order valence-corrected chi connectivity index (χ0v) is 8.94. The molecule has 9 heteroatoms. The Morgan fingerprint density at radius 3 is 2.65 bits per heavy atom. The summed E-state index contributed by atoms with van der Waals surface area (Å²) in [6.45, 7) is 1.38. The number of carbonyl (C=O) groups excluding carboxylic acids is 2. The lowest BCUT2D eigenvalue weighted by atomic mass is 10.5. The molecule has 0 saturated carbocycles. The molecule has 0 spiro atoms. The molecule has 0 radical (unpaired) electrons. The van der Waals surface area contributed by atoms with Crippen LogP contribution in [0, 0.1) is 10.1 Å². The first-order valence-electron chi connectivity index (χ1n) is 4.41. The maximum absolute atomic E-state index is 10.9. The number of ether oxygens (including phenoxy) is 3. The Bertz CT molecular complexity index is 289. The van der Waals surface area contributed by atoms with E-state index in [2.05, 4.69) is 19.0 Å². The third kappa shape index (κ3) is 9.97. The van der Waals surface area contributed by atoms with Gasteiger partial charge in [-0.3, -0.25) is 9.63 Å². The summed E-state index contributed by atoms with van der Waals surface area (Å²) in [6, 6.07) is 0. The second-order valence-electron chi connectivity index (χ2n) is 2.48. The van der Waals surface area contributed by atoms with Crippen LogP contribution in [0.3, 0.4) is 0 Å². The topological polar surface area (TPSA) is 114 Å². The van der Waals surface area contributed by atoms with Crippen LogP contribution in [0.25, 0.3) is 0 Å². The summed E-state index contributed by atoms with van der Waals surface area (Å²) in [5.41, 5.74) is 0. The molecule has 96 valence electrons. The van der Waals surface area contributed by atoms with E-state index in [0.717, 1.165) is 6.92 Å². The van der Waals surface area contributed by atoms with E-state index >= 15 is 0 Å². The molecule has 0 rings (SSSR count). The minimum absolute atomic E-state index is 0.0583. The molecule has 0 heterocycles. The van der Waals surface area contributed by atoms with Crippen molar-refractivity contribution in [2.75, 3.05) is 13.2 Å². The monoisotopic (exact) mass is 249 g/mol. The summed E-state index contributed by atoms with van der Waals surface area (Å²) < 4.78 is 13.1. The molecule has 0 bridgehead atoms. The molecule has 0 aliphatic heterocycles. The molecule has 1 unspecified atom stereocenters. The van der Waals surface area contributed by atoms with E-state index in [1.165, 1.54) is 12.2 Å². The van der Waals surface area contributed by atoms with E-state index in [1.54, 1.807) is 0 Å². The fraction of sp³-hybridized carbons (Fsp3) is 0.500. The van der Waals surface area contributed by atoms with E-state index in [1.807, 2.05) is 0 Å². The number of rotatable bonds is 8. The van der Waals surface area contributed by atoms with Gasteiger partial charge in [0, 0.05) is 0 Å². The van der Waals surface area contributed by atoms with Gasteiger partial charge in [-0.25, -0.2) is 4.79 Å². The minimum Gasteiger partial charge on any atom is -0.464 e. The van der Waals surface area contributed by atoms with Crippen LogP contribution in [0.2, 0.25) is 0 Å². The fourth-order valence-corrected chi connectivity index (χ4v) is 0.659. The summed E-state index contributed by atoms with van der Waals surface area (Å²) >= 11 is 0. The maximum atomic E-state index is 10.9. The predicted octanol–water partition coefficient (Wildman–Crippen LogP) is 0.423. The molecule has 0 aromatic carbocycles. The largest absolute Gasteiger partial charge is 0.510 e. The van der Waals surface area contributed by atoms with Crippen LogP contribution in [0.4, 0.5) is 4.79 Å². The van der Waals surface area contributed by atoms with Crippen molar-refractivity contribution in [3.05, 3.63) is 22.3 Å². The molecular weight excluding hydrogens is 238 g/mol. The van der Waals surface area contributed by atoms with Crippen molar-refractivity contribution >= 4 is 12.6 Å². The van der Waals surface area contributed by atoms with Crippen molar-refractivity contribution in [3.8, 4) is 0 Å². The van der Waals surface area contributed by atoms with Gasteiger partial charge in [-0.1, -0.05) is 0 Å². The van der Waals surface area contributed by atoms with Gasteiger partial charge in [-0.2, -0.15) is 0 Å². The van der Waals surface area contributed by atoms with Crippen LogP contribution in [0.1, 0.15) is 6.92 Å². The van der Waals surface area contributed by atoms with E-state index in [-0.39, 0.29) is 19.7 Å². The van der Waals surface area contributed by atoms with Crippen LogP contribution in [-0.2, 0) is 23.8 Å². The minimum atomic E-state index is -1.35. The van der Waals surface area contributed by atoms with Crippen LogP contribution >= 0.6 is 0 Å². The van der Waals surface area contributed by atoms with Crippen molar-refractivity contribution in [3.63, 3.8) is 0 Å². The average Bonchev–Trinajstić information content (AvgIpc) is 2.21. The number of hydrogen-bond donors (Lipinski definition) is 0. The third-order valence-corrected chi connectivity index (χ3v) is 1.22. The second kappa shape index (κ2) is 8.95. The highest BCUT2D eigenvalue weighted by Crippen LogP contribution is 1.96. The molecule has 0 N–H and O–H groups in total. The van der Waals surface area contributed by atoms with Gasteiger partial charge in [-0.05, 0) is 19.1 Å². The first-order valence-corrected chi connectivity index (χ1v) is 4.41. The highest BCUT2D eigenvalue weighted by Gasteiger charge is 2.13. The Hall–Kier alpha value is -2.32. The van der Waals surface area contributed by atoms with Crippen LogP contribution < -0.4 is 0 Å². The summed E-state index contributed by atoms with van der Waals surface area (Å²) in [5, 5.41) is 8.76. The molecule has 9 nitrogen and oxygen atoms in total. The fourth-order valence-electron chi connectivity index (χ4n) is 0.659. The molecular formula is C8H11NO8. The SMILES string of the molecule is CC(OC(=O)OCC=CCOC=O)O[N+](=O)[O-]. The quantitative estimate of drug-likeness (QED) is 0.116. The molecule has 0 fully saturated rings. The van der Waals surface area contributed by atoms with E-state index in [4.69, 9.17) is 0 Å². The summed E-state index contributed by atoms with van der Waals surface area (Å²) in [4.78, 5) is 34.3. The Kier molecular flexibility index (Phi) is 7.73. The molecule has 0 aromatic heterocycles. The van der Waals surface area contributed by atoms with E-state index in [9.17, 15) is 19.7 Å².